The Labute approximate surface area is 133 Å². The molecule has 0 atom stereocenters. The number of benzene rings is 1. The van der Waals surface area contributed by atoms with Crippen LogP contribution in [0.5, 0.6) is 5.75 Å². The zero-order valence-corrected chi connectivity index (χ0v) is 13.9. The minimum absolute atomic E-state index is 0.413. The molecule has 0 bridgehead atoms. The maximum atomic E-state index is 5.84. The van der Waals surface area contributed by atoms with Crippen molar-refractivity contribution in [3.05, 3.63) is 29.8 Å². The van der Waals surface area contributed by atoms with Gasteiger partial charge in [0.15, 0.2) is 0 Å². The number of nitrogens with two attached hydrogens (primary N) is 1. The zero-order valence-electron chi connectivity index (χ0n) is 13.1. The third kappa shape index (κ3) is 4.17. The second-order valence-corrected chi connectivity index (χ2v) is 6.41. The number of hydrogen-bond acceptors (Lipinski definition) is 3. The van der Waals surface area contributed by atoms with Gasteiger partial charge in [-0.1, -0.05) is 38.2 Å². The molecule has 4 heteroatoms. The molecule has 2 N–H and O–H groups in total. The van der Waals surface area contributed by atoms with Crippen LogP contribution < -0.4 is 10.5 Å². The van der Waals surface area contributed by atoms with Gasteiger partial charge >= 0.3 is 0 Å². The van der Waals surface area contributed by atoms with Gasteiger partial charge in [0.1, 0.15) is 17.3 Å². The second kappa shape index (κ2) is 7.23. The molecule has 1 aromatic carbocycles. The topological polar surface area (TPSA) is 38.5 Å². The fraction of sp³-hybridized carbons (Fsp3) is 0.588. The van der Waals surface area contributed by atoms with Crippen molar-refractivity contribution in [3.63, 3.8) is 0 Å². The highest BCUT2D eigenvalue weighted by Gasteiger charge is 2.34. The normalized spacial score (nSPS) is 17.8. The number of thiocarbonyl (C=S) groups is 1. The SMILES string of the molecule is CCC1(CC)CCN(CCOc2cccc(C(N)=S)c2)C1. The number of hydrogen-bond donors (Lipinski definition) is 1. The molecule has 1 saturated heterocycles. The van der Waals surface area contributed by atoms with E-state index in [9.17, 15) is 0 Å². The minimum atomic E-state index is 0.413. The fourth-order valence-electron chi connectivity index (χ4n) is 3.08. The molecule has 3 nitrogen and oxygen atoms in total. The van der Waals surface area contributed by atoms with E-state index in [1.807, 2.05) is 24.3 Å². The van der Waals surface area contributed by atoms with Crippen LogP contribution in [0.15, 0.2) is 24.3 Å². The monoisotopic (exact) mass is 306 g/mol. The highest BCUT2D eigenvalue weighted by Crippen LogP contribution is 2.36. The number of rotatable bonds is 7. The molecular formula is C17H26N2OS. The predicted molar refractivity (Wildman–Crippen MR) is 91.9 cm³/mol. The molecule has 21 heavy (non-hydrogen) atoms. The Morgan fingerprint density at radius 2 is 2.14 bits per heavy atom. The van der Waals surface area contributed by atoms with Crippen molar-refractivity contribution >= 4 is 17.2 Å². The van der Waals surface area contributed by atoms with Gasteiger partial charge in [0.2, 0.25) is 0 Å². The summed E-state index contributed by atoms with van der Waals surface area (Å²) in [4.78, 5) is 2.93. The molecule has 1 aromatic rings. The summed E-state index contributed by atoms with van der Waals surface area (Å²) in [7, 11) is 0. The van der Waals surface area contributed by atoms with E-state index in [1.54, 1.807) is 0 Å². The first-order valence-corrected chi connectivity index (χ1v) is 8.24. The van der Waals surface area contributed by atoms with Crippen molar-refractivity contribution in [2.75, 3.05) is 26.2 Å². The first kappa shape index (κ1) is 16.2. The van der Waals surface area contributed by atoms with Crippen LogP contribution in [0.4, 0.5) is 0 Å². The van der Waals surface area contributed by atoms with Crippen LogP contribution in [0.2, 0.25) is 0 Å². The standard InChI is InChI=1S/C17H26N2OS/c1-3-17(4-2)8-9-19(13-17)10-11-20-15-7-5-6-14(12-15)16(18)21/h5-7,12H,3-4,8-11,13H2,1-2H3,(H2,18,21). The summed E-state index contributed by atoms with van der Waals surface area (Å²) in [6, 6.07) is 7.70. The van der Waals surface area contributed by atoms with Crippen molar-refractivity contribution in [3.8, 4) is 5.75 Å². The molecule has 1 aliphatic rings. The Kier molecular flexibility index (Phi) is 5.59. The van der Waals surface area contributed by atoms with Gasteiger partial charge in [-0.3, -0.25) is 4.90 Å². The minimum Gasteiger partial charge on any atom is -0.492 e. The molecule has 1 heterocycles. The first-order chi connectivity index (χ1) is 10.1. The first-order valence-electron chi connectivity index (χ1n) is 7.83. The molecule has 116 valence electrons. The van der Waals surface area contributed by atoms with Crippen molar-refractivity contribution in [1.82, 2.24) is 4.90 Å². The Balaban J connectivity index is 1.80. The summed E-state index contributed by atoms with van der Waals surface area (Å²) >= 11 is 4.99. The summed E-state index contributed by atoms with van der Waals surface area (Å²) < 4.78 is 5.84. The van der Waals surface area contributed by atoms with E-state index in [4.69, 9.17) is 22.7 Å². The maximum Gasteiger partial charge on any atom is 0.120 e. The van der Waals surface area contributed by atoms with Crippen LogP contribution in [0, 0.1) is 5.41 Å². The zero-order chi connectivity index (χ0) is 15.3. The second-order valence-electron chi connectivity index (χ2n) is 5.97. The van der Waals surface area contributed by atoms with Gasteiger partial charge < -0.3 is 10.5 Å². The van der Waals surface area contributed by atoms with Crippen molar-refractivity contribution < 1.29 is 4.74 Å². The van der Waals surface area contributed by atoms with Gasteiger partial charge in [-0.05, 0) is 43.4 Å². The van der Waals surface area contributed by atoms with Crippen molar-refractivity contribution in [1.29, 1.82) is 0 Å². The van der Waals surface area contributed by atoms with Gasteiger partial charge in [0, 0.05) is 18.7 Å². The Bertz CT molecular complexity index is 485. The molecule has 1 fully saturated rings. The number of likely N-dealkylation sites (tertiary alicyclic amines) is 1. The van der Waals surface area contributed by atoms with Crippen LogP contribution in [0.3, 0.4) is 0 Å². The summed E-state index contributed by atoms with van der Waals surface area (Å²) in [5.41, 5.74) is 7.03. The van der Waals surface area contributed by atoms with Gasteiger partial charge in [0.05, 0.1) is 0 Å². The van der Waals surface area contributed by atoms with Gasteiger partial charge in [0.25, 0.3) is 0 Å². The molecule has 1 aliphatic heterocycles. The van der Waals surface area contributed by atoms with Gasteiger partial charge in [-0.2, -0.15) is 0 Å². The van der Waals surface area contributed by atoms with E-state index in [0.717, 1.165) is 17.9 Å². The van der Waals surface area contributed by atoms with Gasteiger partial charge in [-0.15, -0.1) is 0 Å². The van der Waals surface area contributed by atoms with Crippen LogP contribution in [0.1, 0.15) is 38.7 Å². The molecule has 0 saturated carbocycles. The molecule has 0 unspecified atom stereocenters. The largest absolute Gasteiger partial charge is 0.492 e. The molecular weight excluding hydrogens is 280 g/mol. The van der Waals surface area contributed by atoms with E-state index < -0.39 is 0 Å². The summed E-state index contributed by atoms with van der Waals surface area (Å²) in [6.45, 7) is 8.72. The van der Waals surface area contributed by atoms with E-state index >= 15 is 0 Å². The lowest BCUT2D eigenvalue weighted by atomic mass is 9.82. The molecule has 0 aromatic heterocycles. The highest BCUT2D eigenvalue weighted by molar-refractivity contribution is 7.80. The van der Waals surface area contributed by atoms with E-state index in [0.29, 0.717) is 17.0 Å². The average Bonchev–Trinajstić information content (AvgIpc) is 2.92. The lowest BCUT2D eigenvalue weighted by molar-refractivity contribution is 0.204. The smallest absolute Gasteiger partial charge is 0.120 e. The summed E-state index contributed by atoms with van der Waals surface area (Å²) in [5, 5.41) is 0. The van der Waals surface area contributed by atoms with E-state index in [2.05, 4.69) is 18.7 Å². The van der Waals surface area contributed by atoms with Crippen LogP contribution in [0.25, 0.3) is 0 Å². The Hall–Kier alpha value is -1.13. The van der Waals surface area contributed by atoms with E-state index in [-0.39, 0.29) is 0 Å². The Morgan fingerprint density at radius 1 is 1.38 bits per heavy atom. The van der Waals surface area contributed by atoms with Crippen LogP contribution in [-0.2, 0) is 0 Å². The molecule has 0 amide bonds. The number of ether oxygens (including phenoxy) is 1. The summed E-state index contributed by atoms with van der Waals surface area (Å²) in [6.07, 6.45) is 3.87. The quantitative estimate of drug-likeness (QED) is 0.785. The highest BCUT2D eigenvalue weighted by atomic mass is 32.1. The van der Waals surface area contributed by atoms with Crippen LogP contribution in [-0.4, -0.2) is 36.1 Å². The lowest BCUT2D eigenvalue weighted by Gasteiger charge is -2.26. The van der Waals surface area contributed by atoms with Crippen LogP contribution >= 0.6 is 12.2 Å². The average molecular weight is 306 g/mol. The van der Waals surface area contributed by atoms with E-state index in [1.165, 1.54) is 32.4 Å². The fourth-order valence-corrected chi connectivity index (χ4v) is 3.20. The third-order valence-electron chi connectivity index (χ3n) is 4.81. The number of nitrogens with zero attached hydrogens (tertiary/aromatic N) is 1. The predicted octanol–water partition coefficient (Wildman–Crippen LogP) is 3.21. The van der Waals surface area contributed by atoms with Crippen molar-refractivity contribution in [2.24, 2.45) is 11.1 Å². The third-order valence-corrected chi connectivity index (χ3v) is 5.05. The summed E-state index contributed by atoms with van der Waals surface area (Å²) in [5.74, 6) is 0.844. The maximum absolute atomic E-state index is 5.84. The van der Waals surface area contributed by atoms with Crippen molar-refractivity contribution in [2.45, 2.75) is 33.1 Å². The lowest BCUT2D eigenvalue weighted by Crippen LogP contribution is -2.29. The Morgan fingerprint density at radius 3 is 2.76 bits per heavy atom. The molecule has 0 aliphatic carbocycles. The molecule has 0 radical (unpaired) electrons. The van der Waals surface area contributed by atoms with Gasteiger partial charge in [-0.25, -0.2) is 0 Å². The molecule has 2 rings (SSSR count). The molecule has 0 spiro atoms.